The molecule has 0 spiro atoms. The van der Waals surface area contributed by atoms with Gasteiger partial charge in [0.05, 0.1) is 29.5 Å². The molecule has 0 unspecified atom stereocenters. The van der Waals surface area contributed by atoms with Gasteiger partial charge in [0.25, 0.3) is 0 Å². The second-order valence-electron chi connectivity index (χ2n) is 6.26. The third-order valence-corrected chi connectivity index (χ3v) is 3.77. The average Bonchev–Trinajstić information content (AvgIpc) is 2.77. The summed E-state index contributed by atoms with van der Waals surface area (Å²) in [5, 5.41) is 0.585. The molecule has 0 saturated heterocycles. The first-order valence-corrected chi connectivity index (χ1v) is 16.4. The molecule has 180 valence electrons. The molecule has 0 heterocycles. The van der Waals surface area contributed by atoms with Gasteiger partial charge in [-0.05, 0) is 38.8 Å². The van der Waals surface area contributed by atoms with E-state index in [0.717, 1.165) is 23.5 Å². The summed E-state index contributed by atoms with van der Waals surface area (Å²) < 4.78 is 7.79. The molecule has 1 rings (SSSR count). The second kappa shape index (κ2) is 24.5. The molecule has 4 nitrogen and oxygen atoms in total. The number of hydrogen-bond donors (Lipinski definition) is 1. The number of ether oxygens (including phenoxy) is 1. The predicted octanol–water partition coefficient (Wildman–Crippen LogP) is 7.58. The minimum atomic E-state index is -0.153. The van der Waals surface area contributed by atoms with E-state index >= 15 is 0 Å². The molecule has 0 bridgehead atoms. The molecule has 1 aliphatic carbocycles. The van der Waals surface area contributed by atoms with Gasteiger partial charge in [0.2, 0.25) is 0 Å². The Hall–Kier alpha value is -1.15. The first kappa shape index (κ1) is 35.4. The summed E-state index contributed by atoms with van der Waals surface area (Å²) in [6.45, 7) is 16.2. The van der Waals surface area contributed by atoms with E-state index < -0.39 is 0 Å². The molecule has 0 saturated carbocycles. The number of nitrogens with zero attached hydrogens (tertiary/aromatic N) is 1. The quantitative estimate of drug-likeness (QED) is 0.175. The molecule has 1 aliphatic rings. The third-order valence-electron chi connectivity index (χ3n) is 3.54. The normalized spacial score (nSPS) is 16.5. The average molecular weight is 656 g/mol. The van der Waals surface area contributed by atoms with E-state index in [4.69, 9.17) is 27.1 Å². The van der Waals surface area contributed by atoms with Crippen molar-refractivity contribution in [2.75, 3.05) is 6.61 Å². The van der Waals surface area contributed by atoms with Crippen LogP contribution in [0, 0.1) is 0 Å². The van der Waals surface area contributed by atoms with Gasteiger partial charge in [0.1, 0.15) is 0 Å². The van der Waals surface area contributed by atoms with E-state index in [1.165, 1.54) is 39.1 Å². The van der Waals surface area contributed by atoms with Crippen LogP contribution < -0.4 is 5.73 Å². The van der Waals surface area contributed by atoms with Gasteiger partial charge < -0.3 is 10.5 Å². The van der Waals surface area contributed by atoms with E-state index in [0.29, 0.717) is 30.2 Å². The Bertz CT molecular complexity index is 703. The van der Waals surface area contributed by atoms with Gasteiger partial charge in [0, 0.05) is 30.0 Å². The molecule has 0 aromatic carbocycles. The van der Waals surface area contributed by atoms with Crippen LogP contribution in [0.1, 0.15) is 81.1 Å². The molecule has 0 amide bonds. The van der Waals surface area contributed by atoms with E-state index in [9.17, 15) is 4.79 Å². The standard InChI is InChI=1S/C20H27ClN2O2.C3H8.C2H6.CH3.Tl/c1-5-8-15(21)12-16(9-6-2)23-19-13-17(25-7-3)10-11-18(19)20(22)14(4)24;1-3-2;1-2;;/h5,8-9,12-13H,6-7,10-11,22H2,1-4H3;3H2,1-2H3;1-2H3;1H3;/b8-5-,15-12+,16-9+,20-18-,23-19-;;;;. The number of halogens is 1. The Morgan fingerprint density at radius 2 is 1.78 bits per heavy atom. The van der Waals surface area contributed by atoms with Crippen LogP contribution in [0.2, 0.25) is 4.48 Å². The van der Waals surface area contributed by atoms with Crippen LogP contribution >= 0.6 is 11.6 Å². The molecule has 0 aliphatic heterocycles. The Kier molecular flexibility index (Phi) is 27.1. The summed E-state index contributed by atoms with van der Waals surface area (Å²) in [4.78, 5) is 16.4. The molecular weight excluding hydrogens is 612 g/mol. The summed E-state index contributed by atoms with van der Waals surface area (Å²) in [5.74, 6) is 0.695. The summed E-state index contributed by atoms with van der Waals surface area (Å²) in [5.41, 5.74) is 8.40. The van der Waals surface area contributed by atoms with Crippen molar-refractivity contribution >= 4 is 48.9 Å². The van der Waals surface area contributed by atoms with Gasteiger partial charge in [-0.3, -0.25) is 4.79 Å². The van der Waals surface area contributed by atoms with Crippen molar-refractivity contribution in [2.45, 2.75) is 85.6 Å². The first-order chi connectivity index (χ1) is 15.3. The van der Waals surface area contributed by atoms with Crippen LogP contribution in [0.3, 0.4) is 0 Å². The van der Waals surface area contributed by atoms with Crippen LogP contribution in [0.5, 0.6) is 0 Å². The molecule has 32 heavy (non-hydrogen) atoms. The van der Waals surface area contributed by atoms with Crippen LogP contribution in [-0.2, 0) is 9.53 Å². The van der Waals surface area contributed by atoms with E-state index in [1.54, 1.807) is 12.2 Å². The molecule has 0 atom stereocenters. The molecule has 6 heteroatoms. The Morgan fingerprint density at radius 1 is 1.22 bits per heavy atom. The SMILES string of the molecule is CC.CCC.C\C=C/C(Cl)=C\C(=C/CC)\N=C1\C=C(OCC)CC\C1=C(\N)C(C)=O.[CH3][Tl]. The van der Waals surface area contributed by atoms with Crippen molar-refractivity contribution in [1.82, 2.24) is 0 Å². The zero-order valence-corrected chi connectivity index (χ0v) is 27.0. The molecule has 0 radical (unpaired) electrons. The van der Waals surface area contributed by atoms with Crippen LogP contribution in [0.4, 0.5) is 0 Å². The van der Waals surface area contributed by atoms with Gasteiger partial charge in [-0.2, -0.15) is 0 Å². The fourth-order valence-corrected chi connectivity index (χ4v) is 2.64. The zero-order valence-electron chi connectivity index (χ0n) is 21.7. The number of hydrogen-bond acceptors (Lipinski definition) is 4. The van der Waals surface area contributed by atoms with Gasteiger partial charge in [-0.25, -0.2) is 4.99 Å². The molecular formula is C26H44ClN2O2Tl. The number of allylic oxidation sites excluding steroid dienone is 9. The topological polar surface area (TPSA) is 64.7 Å². The monoisotopic (exact) mass is 656 g/mol. The van der Waals surface area contributed by atoms with Gasteiger partial charge in [-0.1, -0.05) is 64.8 Å². The fraction of sp³-hybridized carbons (Fsp3) is 0.538. The fourth-order valence-electron chi connectivity index (χ4n) is 2.41. The molecule has 0 aromatic heterocycles. The molecule has 2 N–H and O–H groups in total. The number of Topliss-reactive ketones (excluding diaryl/α,β-unsaturated/α-hetero) is 1. The molecule has 0 aromatic rings. The zero-order chi connectivity index (χ0) is 25.5. The minimum absolute atomic E-state index is 0.153. The number of carbonyl (C=O) groups is 1. The Morgan fingerprint density at radius 3 is 2.22 bits per heavy atom. The summed E-state index contributed by atoms with van der Waals surface area (Å²) in [7, 11) is 0. The van der Waals surface area contributed by atoms with Crippen LogP contribution in [0.25, 0.3) is 0 Å². The number of nitrogens with two attached hydrogens (primary N) is 1. The maximum absolute atomic E-state index is 11.7. The second-order valence-corrected chi connectivity index (χ2v) is 6.70. The van der Waals surface area contributed by atoms with Crippen molar-refractivity contribution in [3.8, 4) is 0 Å². The number of rotatable bonds is 7. The van der Waals surface area contributed by atoms with E-state index in [-0.39, 0.29) is 11.5 Å². The number of ketones is 1. The van der Waals surface area contributed by atoms with E-state index in [1.807, 2.05) is 52.8 Å². The van der Waals surface area contributed by atoms with Crippen molar-refractivity contribution in [3.63, 3.8) is 0 Å². The Balaban J connectivity index is -0.00000108. The van der Waals surface area contributed by atoms with Crippen molar-refractivity contribution in [2.24, 2.45) is 10.7 Å². The van der Waals surface area contributed by atoms with Crippen LogP contribution in [0.15, 0.2) is 63.1 Å². The van der Waals surface area contributed by atoms with E-state index in [2.05, 4.69) is 18.3 Å². The predicted molar refractivity (Wildman–Crippen MR) is 144 cm³/mol. The number of carbonyl (C=O) groups excluding carboxylic acids is 1. The van der Waals surface area contributed by atoms with Crippen molar-refractivity contribution in [3.05, 3.63) is 58.1 Å². The summed E-state index contributed by atoms with van der Waals surface area (Å²) in [6.07, 6.45) is 12.7. The Labute approximate surface area is 218 Å². The van der Waals surface area contributed by atoms with Gasteiger partial charge in [0.15, 0.2) is 5.78 Å². The van der Waals surface area contributed by atoms with Gasteiger partial charge >= 0.3 is 30.3 Å². The summed E-state index contributed by atoms with van der Waals surface area (Å²) >= 11 is 7.36. The summed E-state index contributed by atoms with van der Waals surface area (Å²) in [6, 6.07) is 0. The van der Waals surface area contributed by atoms with Crippen LogP contribution in [-0.4, -0.2) is 43.9 Å². The van der Waals surface area contributed by atoms with Crippen molar-refractivity contribution in [1.29, 1.82) is 0 Å². The van der Waals surface area contributed by atoms with Crippen molar-refractivity contribution < 1.29 is 9.53 Å². The first-order valence-electron chi connectivity index (χ1n) is 11.5. The van der Waals surface area contributed by atoms with Gasteiger partial charge in [-0.15, -0.1) is 0 Å². The number of aliphatic imine (C=N–C) groups is 1. The maximum atomic E-state index is 11.7. The molecule has 0 fully saturated rings. The third kappa shape index (κ3) is 16.5.